The SMILES string of the molecule is OC(O)CCc1ccccn1. The Kier molecular flexibility index (Phi) is 3.01. The van der Waals surface area contributed by atoms with Crippen LogP contribution in [0.5, 0.6) is 0 Å². The molecule has 60 valence electrons. The minimum Gasteiger partial charge on any atom is -0.368 e. The van der Waals surface area contributed by atoms with E-state index < -0.39 is 6.29 Å². The lowest BCUT2D eigenvalue weighted by Crippen LogP contribution is -2.05. The molecule has 0 aliphatic carbocycles. The smallest absolute Gasteiger partial charge is 0.151 e. The van der Waals surface area contributed by atoms with E-state index in [-0.39, 0.29) is 0 Å². The van der Waals surface area contributed by atoms with Crippen LogP contribution in [0.3, 0.4) is 0 Å². The highest BCUT2D eigenvalue weighted by atomic mass is 16.5. The van der Waals surface area contributed by atoms with Gasteiger partial charge in [-0.25, -0.2) is 0 Å². The van der Waals surface area contributed by atoms with Gasteiger partial charge in [0.15, 0.2) is 6.29 Å². The van der Waals surface area contributed by atoms with Crippen LogP contribution in [0.1, 0.15) is 12.1 Å². The van der Waals surface area contributed by atoms with Crippen molar-refractivity contribution in [2.24, 2.45) is 0 Å². The number of hydrogen-bond acceptors (Lipinski definition) is 3. The molecule has 1 aromatic heterocycles. The molecule has 0 saturated heterocycles. The minimum atomic E-state index is -1.22. The highest BCUT2D eigenvalue weighted by Gasteiger charge is 1.98. The summed E-state index contributed by atoms with van der Waals surface area (Å²) in [7, 11) is 0. The molecule has 0 radical (unpaired) electrons. The van der Waals surface area contributed by atoms with E-state index >= 15 is 0 Å². The van der Waals surface area contributed by atoms with E-state index in [9.17, 15) is 0 Å². The van der Waals surface area contributed by atoms with Crippen LogP contribution in [-0.4, -0.2) is 21.5 Å². The first kappa shape index (κ1) is 8.17. The van der Waals surface area contributed by atoms with Crippen LogP contribution in [0.15, 0.2) is 24.4 Å². The number of pyridine rings is 1. The zero-order valence-corrected chi connectivity index (χ0v) is 6.14. The lowest BCUT2D eigenvalue weighted by molar-refractivity contribution is -0.0448. The van der Waals surface area contributed by atoms with Gasteiger partial charge in [-0.05, 0) is 18.6 Å². The second kappa shape index (κ2) is 4.05. The molecule has 0 saturated carbocycles. The van der Waals surface area contributed by atoms with Gasteiger partial charge < -0.3 is 10.2 Å². The van der Waals surface area contributed by atoms with Crippen molar-refractivity contribution in [2.75, 3.05) is 0 Å². The predicted octanol–water partition coefficient (Wildman–Crippen LogP) is 0.325. The third-order valence-corrected chi connectivity index (χ3v) is 1.38. The van der Waals surface area contributed by atoms with E-state index in [4.69, 9.17) is 10.2 Å². The summed E-state index contributed by atoms with van der Waals surface area (Å²) in [5.41, 5.74) is 0.889. The van der Waals surface area contributed by atoms with Crippen LogP contribution >= 0.6 is 0 Å². The summed E-state index contributed by atoms with van der Waals surface area (Å²) in [5.74, 6) is 0. The highest BCUT2D eigenvalue weighted by molar-refractivity contribution is 5.03. The van der Waals surface area contributed by atoms with Crippen LogP contribution in [0.25, 0.3) is 0 Å². The molecule has 0 unspecified atom stereocenters. The molecule has 0 aliphatic heterocycles. The lowest BCUT2D eigenvalue weighted by atomic mass is 10.2. The summed E-state index contributed by atoms with van der Waals surface area (Å²) in [6.45, 7) is 0. The van der Waals surface area contributed by atoms with Gasteiger partial charge in [-0.1, -0.05) is 6.07 Å². The van der Waals surface area contributed by atoms with Gasteiger partial charge in [0.2, 0.25) is 0 Å². The Morgan fingerprint density at radius 1 is 1.36 bits per heavy atom. The Morgan fingerprint density at radius 2 is 2.18 bits per heavy atom. The number of rotatable bonds is 3. The largest absolute Gasteiger partial charge is 0.368 e. The normalized spacial score (nSPS) is 10.5. The average molecular weight is 153 g/mol. The van der Waals surface area contributed by atoms with Crippen molar-refractivity contribution in [3.63, 3.8) is 0 Å². The standard InChI is InChI=1S/C8H11NO2/c10-8(11)5-4-7-3-1-2-6-9-7/h1-3,6,8,10-11H,4-5H2. The second-order valence-electron chi connectivity index (χ2n) is 2.34. The van der Waals surface area contributed by atoms with Crippen LogP contribution in [0.2, 0.25) is 0 Å². The molecule has 3 nitrogen and oxygen atoms in total. The Hall–Kier alpha value is -0.930. The zero-order chi connectivity index (χ0) is 8.10. The molecule has 0 fully saturated rings. The van der Waals surface area contributed by atoms with Crippen LogP contribution < -0.4 is 0 Å². The van der Waals surface area contributed by atoms with E-state index in [0.717, 1.165) is 5.69 Å². The maximum atomic E-state index is 8.54. The molecule has 0 amide bonds. The number of aliphatic hydroxyl groups excluding tert-OH is 1. The van der Waals surface area contributed by atoms with E-state index in [1.54, 1.807) is 6.20 Å². The van der Waals surface area contributed by atoms with Gasteiger partial charge in [0.05, 0.1) is 0 Å². The monoisotopic (exact) mass is 153 g/mol. The Labute approximate surface area is 65.3 Å². The van der Waals surface area contributed by atoms with Crippen LogP contribution in [0.4, 0.5) is 0 Å². The quantitative estimate of drug-likeness (QED) is 0.615. The molecule has 0 aliphatic rings. The van der Waals surface area contributed by atoms with Crippen LogP contribution in [0, 0.1) is 0 Å². The fourth-order valence-corrected chi connectivity index (χ4v) is 0.823. The fraction of sp³-hybridized carbons (Fsp3) is 0.375. The third kappa shape index (κ3) is 3.11. The van der Waals surface area contributed by atoms with Crippen molar-refractivity contribution in [2.45, 2.75) is 19.1 Å². The van der Waals surface area contributed by atoms with Crippen molar-refractivity contribution < 1.29 is 10.2 Å². The number of aryl methyl sites for hydroxylation is 1. The average Bonchev–Trinajstić information content (AvgIpc) is 2.03. The van der Waals surface area contributed by atoms with Crippen molar-refractivity contribution in [1.29, 1.82) is 0 Å². The van der Waals surface area contributed by atoms with Gasteiger partial charge in [0.1, 0.15) is 0 Å². The van der Waals surface area contributed by atoms with Crippen molar-refractivity contribution in [3.05, 3.63) is 30.1 Å². The lowest BCUT2D eigenvalue weighted by Gasteiger charge is -2.01. The predicted molar refractivity (Wildman–Crippen MR) is 40.8 cm³/mol. The van der Waals surface area contributed by atoms with Crippen molar-refractivity contribution in [3.8, 4) is 0 Å². The molecule has 1 heterocycles. The fourth-order valence-electron chi connectivity index (χ4n) is 0.823. The molecule has 3 heteroatoms. The van der Waals surface area contributed by atoms with Crippen molar-refractivity contribution in [1.82, 2.24) is 4.98 Å². The Balaban J connectivity index is 2.39. The van der Waals surface area contributed by atoms with Gasteiger partial charge in [-0.2, -0.15) is 0 Å². The molecule has 0 atom stereocenters. The van der Waals surface area contributed by atoms with Gasteiger partial charge in [0.25, 0.3) is 0 Å². The second-order valence-corrected chi connectivity index (χ2v) is 2.34. The number of aliphatic hydroxyl groups is 2. The van der Waals surface area contributed by atoms with E-state index in [1.807, 2.05) is 18.2 Å². The summed E-state index contributed by atoms with van der Waals surface area (Å²) in [4.78, 5) is 4.03. The molecular weight excluding hydrogens is 142 g/mol. The molecule has 11 heavy (non-hydrogen) atoms. The summed E-state index contributed by atoms with van der Waals surface area (Å²) < 4.78 is 0. The Morgan fingerprint density at radius 3 is 2.73 bits per heavy atom. The highest BCUT2D eigenvalue weighted by Crippen LogP contribution is 1.99. The maximum Gasteiger partial charge on any atom is 0.151 e. The Bertz CT molecular complexity index is 199. The van der Waals surface area contributed by atoms with Gasteiger partial charge in [0, 0.05) is 18.3 Å². The first-order valence-corrected chi connectivity index (χ1v) is 3.55. The molecule has 2 N–H and O–H groups in total. The number of hydrogen-bond donors (Lipinski definition) is 2. The molecule has 0 spiro atoms. The van der Waals surface area contributed by atoms with Gasteiger partial charge >= 0.3 is 0 Å². The summed E-state index contributed by atoms with van der Waals surface area (Å²) in [5, 5.41) is 17.1. The van der Waals surface area contributed by atoms with E-state index in [1.165, 1.54) is 0 Å². The van der Waals surface area contributed by atoms with Gasteiger partial charge in [-0.3, -0.25) is 4.98 Å². The number of nitrogens with zero attached hydrogens (tertiary/aromatic N) is 1. The van der Waals surface area contributed by atoms with Gasteiger partial charge in [-0.15, -0.1) is 0 Å². The molecule has 1 aromatic rings. The maximum absolute atomic E-state index is 8.54. The molecule has 0 aromatic carbocycles. The minimum absolute atomic E-state index is 0.344. The summed E-state index contributed by atoms with van der Waals surface area (Å²) >= 11 is 0. The molecular formula is C8H11NO2. The van der Waals surface area contributed by atoms with Crippen LogP contribution in [-0.2, 0) is 6.42 Å². The van der Waals surface area contributed by atoms with Crippen molar-refractivity contribution >= 4 is 0 Å². The summed E-state index contributed by atoms with van der Waals surface area (Å²) in [6, 6.07) is 5.58. The first-order chi connectivity index (χ1) is 5.29. The molecule has 1 rings (SSSR count). The topological polar surface area (TPSA) is 53.4 Å². The number of aromatic nitrogens is 1. The summed E-state index contributed by atoms with van der Waals surface area (Å²) in [6.07, 6.45) is 1.42. The third-order valence-electron chi connectivity index (χ3n) is 1.38. The zero-order valence-electron chi connectivity index (χ0n) is 6.14. The first-order valence-electron chi connectivity index (χ1n) is 3.55. The van der Waals surface area contributed by atoms with E-state index in [0.29, 0.717) is 12.8 Å². The van der Waals surface area contributed by atoms with E-state index in [2.05, 4.69) is 4.98 Å². The molecule has 0 bridgehead atoms.